The minimum absolute atomic E-state index is 0.0108. The normalized spacial score (nSPS) is 11.3. The van der Waals surface area contributed by atoms with Crippen LogP contribution in [0.2, 0.25) is 0 Å². The molecule has 13 nitrogen and oxygen atoms in total. The molecule has 1 aromatic heterocycles. The number of sulfonamides is 1. The van der Waals surface area contributed by atoms with E-state index in [1.807, 2.05) is 13.8 Å². The molecule has 0 aliphatic rings. The lowest BCUT2D eigenvalue weighted by atomic mass is 10.2. The van der Waals surface area contributed by atoms with Crippen molar-refractivity contribution in [3.8, 4) is 5.75 Å². The molecule has 3 aromatic rings. The number of aromatic nitrogens is 1. The number of thiazole rings is 1. The Morgan fingerprint density at radius 2 is 1.90 bits per heavy atom. The van der Waals surface area contributed by atoms with Gasteiger partial charge in [-0.15, -0.1) is 21.5 Å². The van der Waals surface area contributed by atoms with E-state index in [1.54, 1.807) is 24.3 Å². The zero-order valence-corrected chi connectivity index (χ0v) is 23.9. The van der Waals surface area contributed by atoms with Gasteiger partial charge in [0.1, 0.15) is 22.8 Å². The fourth-order valence-electron chi connectivity index (χ4n) is 3.23. The maximum atomic E-state index is 15.0. The summed E-state index contributed by atoms with van der Waals surface area (Å²) in [5, 5.41) is 8.79. The van der Waals surface area contributed by atoms with Gasteiger partial charge in [0.05, 0.1) is 36.4 Å². The Hall–Kier alpha value is -4.57. The van der Waals surface area contributed by atoms with Crippen molar-refractivity contribution in [3.05, 3.63) is 65.0 Å². The van der Waals surface area contributed by atoms with Gasteiger partial charge in [-0.05, 0) is 41.8 Å². The van der Waals surface area contributed by atoms with Crippen LogP contribution in [0.5, 0.6) is 5.75 Å². The van der Waals surface area contributed by atoms with Crippen LogP contribution in [0.4, 0.5) is 15.1 Å². The number of carbonyl (C=O) groups is 2. The molecule has 0 unspecified atom stereocenters. The van der Waals surface area contributed by atoms with Crippen molar-refractivity contribution in [2.24, 2.45) is 27.6 Å². The Kier molecular flexibility index (Phi) is 10.3. The van der Waals surface area contributed by atoms with Crippen LogP contribution < -0.4 is 25.8 Å². The summed E-state index contributed by atoms with van der Waals surface area (Å²) in [7, 11) is -2.98. The van der Waals surface area contributed by atoms with Crippen LogP contribution in [-0.2, 0) is 26.1 Å². The summed E-state index contributed by atoms with van der Waals surface area (Å²) in [5.74, 6) is -2.48. The molecule has 0 aliphatic carbocycles. The summed E-state index contributed by atoms with van der Waals surface area (Å²) < 4.78 is 54.2. The predicted molar refractivity (Wildman–Crippen MR) is 153 cm³/mol. The summed E-state index contributed by atoms with van der Waals surface area (Å²) in [4.78, 5) is 28.4. The van der Waals surface area contributed by atoms with Crippen molar-refractivity contribution in [2.75, 3.05) is 23.3 Å². The number of esters is 1. The average molecular weight is 606 g/mol. The highest BCUT2D eigenvalue weighted by molar-refractivity contribution is 7.93. The molecule has 0 atom stereocenters. The summed E-state index contributed by atoms with van der Waals surface area (Å²) in [6, 6.07) is 9.54. The number of carbonyl (C=O) groups excluding carboxylic acids is 2. The van der Waals surface area contributed by atoms with Crippen LogP contribution in [0.3, 0.4) is 0 Å². The average Bonchev–Trinajstić information content (AvgIpc) is 3.41. The number of hydrogen-bond donors (Lipinski definition) is 3. The molecule has 0 saturated carbocycles. The monoisotopic (exact) mass is 605 g/mol. The van der Waals surface area contributed by atoms with Crippen molar-refractivity contribution in [2.45, 2.75) is 25.3 Å². The molecule has 0 aliphatic heterocycles. The van der Waals surface area contributed by atoms with E-state index in [0.717, 1.165) is 33.8 Å². The van der Waals surface area contributed by atoms with Crippen molar-refractivity contribution in [3.63, 3.8) is 0 Å². The van der Waals surface area contributed by atoms with E-state index < -0.39 is 32.6 Å². The van der Waals surface area contributed by atoms with Gasteiger partial charge >= 0.3 is 5.97 Å². The molecule has 1 heterocycles. The van der Waals surface area contributed by atoms with Crippen LogP contribution in [0.25, 0.3) is 0 Å². The molecule has 0 bridgehead atoms. The van der Waals surface area contributed by atoms with Gasteiger partial charge in [-0.3, -0.25) is 9.10 Å². The van der Waals surface area contributed by atoms with E-state index in [9.17, 15) is 22.4 Å². The molecule has 2 aromatic carbocycles. The van der Waals surface area contributed by atoms with E-state index in [0.29, 0.717) is 17.5 Å². The van der Waals surface area contributed by atoms with E-state index in [2.05, 4.69) is 20.5 Å². The number of guanidine groups is 1. The van der Waals surface area contributed by atoms with Gasteiger partial charge in [0.2, 0.25) is 5.96 Å². The highest BCUT2D eigenvalue weighted by Crippen LogP contribution is 2.34. The molecular weight excluding hydrogens is 577 g/mol. The van der Waals surface area contributed by atoms with Crippen LogP contribution in [0, 0.1) is 11.7 Å². The molecule has 41 heavy (non-hydrogen) atoms. The first-order valence-corrected chi connectivity index (χ1v) is 14.2. The lowest BCUT2D eigenvalue weighted by molar-refractivity contribution is -0.110. The van der Waals surface area contributed by atoms with Crippen molar-refractivity contribution < 1.29 is 31.9 Å². The molecule has 5 N–H and O–H groups in total. The quantitative estimate of drug-likeness (QED) is 0.120. The molecule has 16 heteroatoms. The largest absolute Gasteiger partial charge is 0.497 e. The van der Waals surface area contributed by atoms with E-state index >= 15 is 0 Å². The number of nitrogens with one attached hydrogen (secondary N) is 1. The summed E-state index contributed by atoms with van der Waals surface area (Å²) >= 11 is 0.910. The van der Waals surface area contributed by atoms with Gasteiger partial charge in [0.25, 0.3) is 15.9 Å². The summed E-state index contributed by atoms with van der Waals surface area (Å²) in [5.41, 5.74) is 11.6. The topological polar surface area (TPSA) is 192 Å². The molecule has 0 radical (unpaired) electrons. The Labute approximate surface area is 239 Å². The highest BCUT2D eigenvalue weighted by Gasteiger charge is 2.32. The highest BCUT2D eigenvalue weighted by atomic mass is 32.2. The third kappa shape index (κ3) is 8.21. The first-order chi connectivity index (χ1) is 19.4. The standard InChI is InChI=1S/C25H28FN7O6S2/c1-15(2)13-39-24(35)22-23(40-14-29-22)33(12-16-4-6-17(38-3)7-5-16)41(36,37)18-8-9-20(19(26)10-18)31-21(34)11-30-32-25(27)28/h4-11,14-15H,12-13H2,1-3H3,(H,31,34)(H4,27,28,32)/b30-11+. The van der Waals surface area contributed by atoms with Crippen LogP contribution in [0.15, 0.2) is 63.1 Å². The van der Waals surface area contributed by atoms with Gasteiger partial charge in [-0.1, -0.05) is 26.0 Å². The van der Waals surface area contributed by atoms with E-state index in [4.69, 9.17) is 20.9 Å². The van der Waals surface area contributed by atoms with Crippen LogP contribution >= 0.6 is 11.3 Å². The first-order valence-electron chi connectivity index (χ1n) is 11.9. The van der Waals surface area contributed by atoms with Crippen molar-refractivity contribution >= 4 is 56.1 Å². The third-order valence-corrected chi connectivity index (χ3v) is 7.84. The maximum Gasteiger partial charge on any atom is 0.360 e. The number of rotatable bonds is 12. The zero-order valence-electron chi connectivity index (χ0n) is 22.3. The van der Waals surface area contributed by atoms with E-state index in [-0.39, 0.29) is 41.4 Å². The Bertz CT molecular complexity index is 1550. The molecule has 0 spiro atoms. The van der Waals surface area contributed by atoms with Gasteiger partial charge in [-0.2, -0.15) is 0 Å². The van der Waals surface area contributed by atoms with Gasteiger partial charge < -0.3 is 26.3 Å². The molecule has 218 valence electrons. The Balaban J connectivity index is 1.99. The SMILES string of the molecule is COc1ccc(CN(c2scnc2C(=O)OCC(C)C)S(=O)(=O)c2ccc(NC(=O)/C=N/N=C(N)N)c(F)c2)cc1. The van der Waals surface area contributed by atoms with Crippen LogP contribution in [-0.4, -0.2) is 51.2 Å². The Morgan fingerprint density at radius 3 is 2.51 bits per heavy atom. The predicted octanol–water partition coefficient (Wildman–Crippen LogP) is 2.70. The third-order valence-electron chi connectivity index (χ3n) is 5.14. The molecule has 0 fully saturated rings. The Morgan fingerprint density at radius 1 is 1.20 bits per heavy atom. The summed E-state index contributed by atoms with van der Waals surface area (Å²) in [6.45, 7) is 3.59. The molecular formula is C25H28FN7O6S2. The smallest absolute Gasteiger partial charge is 0.360 e. The number of halogens is 1. The molecule has 0 saturated heterocycles. The second kappa shape index (κ2) is 13.7. The van der Waals surface area contributed by atoms with Crippen molar-refractivity contribution in [1.29, 1.82) is 0 Å². The number of nitrogens with two attached hydrogens (primary N) is 2. The van der Waals surface area contributed by atoms with Crippen molar-refractivity contribution in [1.82, 2.24) is 4.98 Å². The van der Waals surface area contributed by atoms with Gasteiger partial charge in [0, 0.05) is 0 Å². The lowest BCUT2D eigenvalue weighted by Crippen LogP contribution is -2.31. The maximum absolute atomic E-state index is 15.0. The van der Waals surface area contributed by atoms with E-state index in [1.165, 1.54) is 12.6 Å². The van der Waals surface area contributed by atoms with Gasteiger partial charge in [-0.25, -0.2) is 22.6 Å². The number of amides is 1. The first kappa shape index (κ1) is 31.0. The number of benzene rings is 2. The molecule has 1 amide bonds. The number of ether oxygens (including phenoxy) is 2. The lowest BCUT2D eigenvalue weighted by Gasteiger charge is -2.24. The summed E-state index contributed by atoms with van der Waals surface area (Å²) in [6.07, 6.45) is 0.712. The number of nitrogens with zero attached hydrogens (tertiary/aromatic N) is 4. The number of hydrogen-bond acceptors (Lipinski definition) is 10. The fourth-order valence-corrected chi connectivity index (χ4v) is 5.71. The minimum atomic E-state index is -4.48. The second-order valence-electron chi connectivity index (χ2n) is 8.76. The zero-order chi connectivity index (χ0) is 30.2. The second-order valence-corrected chi connectivity index (χ2v) is 11.5. The minimum Gasteiger partial charge on any atom is -0.497 e. The van der Waals surface area contributed by atoms with Gasteiger partial charge in [0.15, 0.2) is 5.69 Å². The van der Waals surface area contributed by atoms with Crippen LogP contribution in [0.1, 0.15) is 29.9 Å². The molecule has 3 rings (SSSR count). The number of methoxy groups -OCH3 is 1. The number of anilines is 2. The fraction of sp³-hybridized carbons (Fsp3) is 0.240.